The highest BCUT2D eigenvalue weighted by Gasteiger charge is 2.23. The van der Waals surface area contributed by atoms with Crippen molar-refractivity contribution >= 4 is 36.0 Å². The minimum atomic E-state index is -0.240. The Hall–Kier alpha value is -2.30. The molecule has 8 nitrogen and oxygen atoms in total. The zero-order valence-electron chi connectivity index (χ0n) is 16.0. The summed E-state index contributed by atoms with van der Waals surface area (Å²) in [7, 11) is 0. The van der Waals surface area contributed by atoms with Gasteiger partial charge in [-0.05, 0) is 43.5 Å². The third kappa shape index (κ3) is 6.11. The van der Waals surface area contributed by atoms with Crippen molar-refractivity contribution in [3.63, 3.8) is 0 Å². The molecule has 1 fully saturated rings. The largest absolute Gasteiger partial charge is 0.450 e. The fourth-order valence-electron chi connectivity index (χ4n) is 3.03. The lowest BCUT2D eigenvalue weighted by Gasteiger charge is -2.31. The highest BCUT2D eigenvalue weighted by Crippen LogP contribution is 2.12. The van der Waals surface area contributed by atoms with Crippen molar-refractivity contribution in [2.24, 2.45) is 10.7 Å². The smallest absolute Gasteiger partial charge is 0.409 e. The number of carbonyl (C=O) groups excluding carboxylic acids is 1. The molecule has 2 heterocycles. The molecule has 1 amide bonds. The maximum absolute atomic E-state index is 11.7. The van der Waals surface area contributed by atoms with E-state index in [-0.39, 0.29) is 36.1 Å². The second kappa shape index (κ2) is 10.9. The number of carbonyl (C=O) groups is 1. The summed E-state index contributed by atoms with van der Waals surface area (Å²) in [5.74, 6) is 0.431. The minimum absolute atomic E-state index is 0. The Morgan fingerprint density at radius 2 is 2.04 bits per heavy atom. The van der Waals surface area contributed by atoms with Crippen molar-refractivity contribution in [3.05, 3.63) is 48.3 Å². The second-order valence-corrected chi connectivity index (χ2v) is 6.42. The van der Waals surface area contributed by atoms with Crippen LogP contribution in [0.15, 0.2) is 47.7 Å². The van der Waals surface area contributed by atoms with E-state index in [1.54, 1.807) is 11.1 Å². The van der Waals surface area contributed by atoms with Crippen LogP contribution >= 0.6 is 24.0 Å². The molecular formula is C19H27IN6O2. The molecule has 3 rings (SSSR count). The van der Waals surface area contributed by atoms with Gasteiger partial charge in [-0.3, -0.25) is 0 Å². The van der Waals surface area contributed by atoms with Crippen molar-refractivity contribution in [2.45, 2.75) is 32.4 Å². The number of nitrogens with zero attached hydrogens (tertiary/aromatic N) is 4. The third-order valence-corrected chi connectivity index (χ3v) is 4.51. The molecule has 0 unspecified atom stereocenters. The maximum atomic E-state index is 11.7. The SMILES string of the molecule is CCOC(=O)N1CCC(NC(N)=NCc2ccc(-n3cccn3)cc2)CC1.I. The Balaban J connectivity index is 0.00000280. The standard InChI is InChI=1S/C19H26N6O2.HI/c1-2-27-19(26)24-12-8-16(9-13-24)23-18(20)21-14-15-4-6-17(7-5-15)25-11-3-10-22-25;/h3-7,10-11,16H,2,8-9,12-14H2,1H3,(H3,20,21,23);1H. The molecule has 1 aromatic heterocycles. The number of hydrogen-bond donors (Lipinski definition) is 2. The monoisotopic (exact) mass is 498 g/mol. The van der Waals surface area contributed by atoms with Crippen LogP contribution in [0.4, 0.5) is 4.79 Å². The van der Waals surface area contributed by atoms with E-state index >= 15 is 0 Å². The number of amides is 1. The van der Waals surface area contributed by atoms with E-state index in [2.05, 4.69) is 15.4 Å². The zero-order chi connectivity index (χ0) is 19.1. The molecule has 0 saturated carbocycles. The predicted octanol–water partition coefficient (Wildman–Crippen LogP) is 2.52. The summed E-state index contributed by atoms with van der Waals surface area (Å²) < 4.78 is 6.84. The van der Waals surface area contributed by atoms with Gasteiger partial charge in [0.15, 0.2) is 5.96 Å². The Morgan fingerprint density at radius 3 is 2.64 bits per heavy atom. The van der Waals surface area contributed by atoms with Crippen LogP contribution in [0, 0.1) is 0 Å². The first kappa shape index (κ1) is 22.0. The topological polar surface area (TPSA) is 97.8 Å². The summed E-state index contributed by atoms with van der Waals surface area (Å²) >= 11 is 0. The van der Waals surface area contributed by atoms with E-state index in [1.165, 1.54) is 0 Å². The average Bonchev–Trinajstić information content (AvgIpc) is 3.22. The van der Waals surface area contributed by atoms with Crippen LogP contribution in [0.2, 0.25) is 0 Å². The lowest BCUT2D eigenvalue weighted by molar-refractivity contribution is 0.0963. The summed E-state index contributed by atoms with van der Waals surface area (Å²) in [6, 6.07) is 10.2. The van der Waals surface area contributed by atoms with Gasteiger partial charge in [-0.15, -0.1) is 24.0 Å². The number of halogens is 1. The first-order valence-electron chi connectivity index (χ1n) is 9.23. The number of hydrogen-bond acceptors (Lipinski definition) is 4. The van der Waals surface area contributed by atoms with Crippen LogP contribution in [0.1, 0.15) is 25.3 Å². The fourth-order valence-corrected chi connectivity index (χ4v) is 3.03. The van der Waals surface area contributed by atoms with Gasteiger partial charge in [0.05, 0.1) is 18.8 Å². The van der Waals surface area contributed by atoms with Crippen molar-refractivity contribution in [2.75, 3.05) is 19.7 Å². The van der Waals surface area contributed by atoms with Gasteiger partial charge < -0.3 is 20.7 Å². The lowest BCUT2D eigenvalue weighted by atomic mass is 10.1. The van der Waals surface area contributed by atoms with E-state index in [0.717, 1.165) is 24.1 Å². The van der Waals surface area contributed by atoms with E-state index in [9.17, 15) is 4.79 Å². The van der Waals surface area contributed by atoms with Crippen molar-refractivity contribution in [1.82, 2.24) is 20.0 Å². The van der Waals surface area contributed by atoms with Gasteiger partial charge in [0.25, 0.3) is 0 Å². The highest BCUT2D eigenvalue weighted by atomic mass is 127. The molecule has 9 heteroatoms. The Kier molecular flexibility index (Phi) is 8.55. The van der Waals surface area contributed by atoms with Gasteiger partial charge >= 0.3 is 6.09 Å². The molecular weight excluding hydrogens is 471 g/mol. The summed E-state index contributed by atoms with van der Waals surface area (Å²) in [5.41, 5.74) is 8.10. The molecule has 2 aromatic rings. The molecule has 1 aliphatic heterocycles. The first-order chi connectivity index (χ1) is 13.2. The van der Waals surface area contributed by atoms with Crippen molar-refractivity contribution in [3.8, 4) is 5.69 Å². The van der Waals surface area contributed by atoms with Crippen molar-refractivity contribution < 1.29 is 9.53 Å². The van der Waals surface area contributed by atoms with Gasteiger partial charge in [0.2, 0.25) is 0 Å². The Labute approximate surface area is 182 Å². The molecule has 3 N–H and O–H groups in total. The molecule has 1 aliphatic rings. The predicted molar refractivity (Wildman–Crippen MR) is 119 cm³/mol. The molecule has 0 aliphatic carbocycles. The minimum Gasteiger partial charge on any atom is -0.450 e. The van der Waals surface area contributed by atoms with Crippen LogP contribution in [0.3, 0.4) is 0 Å². The first-order valence-corrected chi connectivity index (χ1v) is 9.23. The summed E-state index contributed by atoms with van der Waals surface area (Å²) in [4.78, 5) is 17.9. The number of nitrogens with two attached hydrogens (primary N) is 1. The Morgan fingerprint density at radius 1 is 1.32 bits per heavy atom. The van der Waals surface area contributed by atoms with E-state index in [1.807, 2.05) is 48.1 Å². The molecule has 152 valence electrons. The highest BCUT2D eigenvalue weighted by molar-refractivity contribution is 14.0. The molecule has 0 spiro atoms. The maximum Gasteiger partial charge on any atom is 0.409 e. The number of aliphatic imine (C=N–C) groups is 1. The fraction of sp³-hybridized carbons (Fsp3) is 0.421. The molecule has 0 atom stereocenters. The van der Waals surface area contributed by atoms with E-state index in [4.69, 9.17) is 10.5 Å². The molecule has 28 heavy (non-hydrogen) atoms. The third-order valence-electron chi connectivity index (χ3n) is 4.51. The molecule has 1 aromatic carbocycles. The van der Waals surface area contributed by atoms with E-state index < -0.39 is 0 Å². The van der Waals surface area contributed by atoms with Crippen LogP contribution in [0.5, 0.6) is 0 Å². The quantitative estimate of drug-likeness (QED) is 0.375. The van der Waals surface area contributed by atoms with Crippen LogP contribution in [0.25, 0.3) is 5.69 Å². The van der Waals surface area contributed by atoms with Gasteiger partial charge in [0, 0.05) is 31.5 Å². The molecule has 0 radical (unpaired) electrons. The number of piperidine rings is 1. The number of ether oxygens (including phenoxy) is 1. The van der Waals surface area contributed by atoms with Crippen molar-refractivity contribution in [1.29, 1.82) is 0 Å². The average molecular weight is 498 g/mol. The number of likely N-dealkylation sites (tertiary alicyclic amines) is 1. The normalized spacial score (nSPS) is 15.0. The number of nitrogens with one attached hydrogen (secondary N) is 1. The number of benzene rings is 1. The number of aromatic nitrogens is 2. The second-order valence-electron chi connectivity index (χ2n) is 6.42. The van der Waals surface area contributed by atoms with Crippen LogP contribution in [-0.4, -0.2) is 52.5 Å². The number of rotatable bonds is 5. The zero-order valence-corrected chi connectivity index (χ0v) is 18.3. The van der Waals surface area contributed by atoms with Crippen LogP contribution < -0.4 is 11.1 Å². The summed E-state index contributed by atoms with van der Waals surface area (Å²) in [5, 5.41) is 7.46. The van der Waals surface area contributed by atoms with Gasteiger partial charge in [-0.25, -0.2) is 14.5 Å². The van der Waals surface area contributed by atoms with Crippen LogP contribution in [-0.2, 0) is 11.3 Å². The summed E-state index contributed by atoms with van der Waals surface area (Å²) in [6.07, 6.45) is 5.07. The summed E-state index contributed by atoms with van der Waals surface area (Å²) in [6.45, 7) is 4.06. The van der Waals surface area contributed by atoms with E-state index in [0.29, 0.717) is 32.2 Å². The Bertz CT molecular complexity index is 755. The lowest BCUT2D eigenvalue weighted by Crippen LogP contribution is -2.48. The van der Waals surface area contributed by atoms with Gasteiger partial charge in [-0.1, -0.05) is 12.1 Å². The molecule has 1 saturated heterocycles. The van der Waals surface area contributed by atoms with Gasteiger partial charge in [-0.2, -0.15) is 5.10 Å². The molecule has 0 bridgehead atoms. The number of guanidine groups is 1. The van der Waals surface area contributed by atoms with Gasteiger partial charge in [0.1, 0.15) is 0 Å².